The summed E-state index contributed by atoms with van der Waals surface area (Å²) in [4.78, 5) is 14.7. The van der Waals surface area contributed by atoms with Crippen molar-refractivity contribution in [3.8, 4) is 0 Å². The summed E-state index contributed by atoms with van der Waals surface area (Å²) >= 11 is 5.98. The maximum absolute atomic E-state index is 13.9. The van der Waals surface area contributed by atoms with Crippen LogP contribution in [0.1, 0.15) is 41.4 Å². The first kappa shape index (κ1) is 19.4. The van der Waals surface area contributed by atoms with E-state index in [0.717, 1.165) is 18.7 Å². The van der Waals surface area contributed by atoms with Crippen molar-refractivity contribution in [2.45, 2.75) is 26.8 Å². The fourth-order valence-electron chi connectivity index (χ4n) is 2.90. The quantitative estimate of drug-likeness (QED) is 0.780. The second-order valence-electron chi connectivity index (χ2n) is 5.95. The minimum Gasteiger partial charge on any atom is -0.350 e. The van der Waals surface area contributed by atoms with Crippen LogP contribution in [0, 0.1) is 12.7 Å². The molecule has 0 saturated carbocycles. The molecule has 0 radical (unpaired) electrons. The number of rotatable bonds is 7. The summed E-state index contributed by atoms with van der Waals surface area (Å²) < 4.78 is 13.9. The summed E-state index contributed by atoms with van der Waals surface area (Å²) in [6.07, 6.45) is 0. The minimum absolute atomic E-state index is 0.0186. The molecule has 25 heavy (non-hydrogen) atoms. The van der Waals surface area contributed by atoms with Crippen molar-refractivity contribution in [1.29, 1.82) is 0 Å². The van der Waals surface area contributed by atoms with Gasteiger partial charge in [0.25, 0.3) is 5.91 Å². The third-order valence-electron chi connectivity index (χ3n) is 4.36. The number of nitrogens with one attached hydrogen (secondary N) is 1. The van der Waals surface area contributed by atoms with Crippen LogP contribution in [0.15, 0.2) is 42.5 Å². The van der Waals surface area contributed by atoms with Crippen LogP contribution in [0.2, 0.25) is 5.02 Å². The Kier molecular flexibility index (Phi) is 6.97. The van der Waals surface area contributed by atoms with Crippen molar-refractivity contribution in [2.75, 3.05) is 19.6 Å². The average Bonchev–Trinajstić information content (AvgIpc) is 2.59. The molecular weight excluding hydrogens is 339 g/mol. The number of aryl methyl sites for hydroxylation is 1. The summed E-state index contributed by atoms with van der Waals surface area (Å²) in [6.45, 7) is 8.30. The van der Waals surface area contributed by atoms with Gasteiger partial charge in [0, 0.05) is 6.54 Å². The van der Waals surface area contributed by atoms with Gasteiger partial charge in [-0.2, -0.15) is 0 Å². The zero-order chi connectivity index (χ0) is 18.4. The van der Waals surface area contributed by atoms with Crippen molar-refractivity contribution < 1.29 is 9.18 Å². The number of benzene rings is 2. The van der Waals surface area contributed by atoms with E-state index in [1.165, 1.54) is 23.8 Å². The first-order valence-electron chi connectivity index (χ1n) is 8.50. The Labute approximate surface area is 153 Å². The standard InChI is InChI=1S/C20H24ClFN2O/c1-4-24(5-2)18(15-11-9-14(3)10-12-15)13-23-20(25)19-16(21)7-6-8-17(19)22/h6-12,18H,4-5,13H2,1-3H3,(H,23,25). The van der Waals surface area contributed by atoms with Crippen LogP contribution in [-0.2, 0) is 0 Å². The molecule has 5 heteroatoms. The fraction of sp³-hybridized carbons (Fsp3) is 0.350. The molecule has 0 aliphatic rings. The van der Waals surface area contributed by atoms with E-state index in [-0.39, 0.29) is 16.6 Å². The van der Waals surface area contributed by atoms with Gasteiger partial charge in [-0.05, 0) is 37.7 Å². The predicted molar refractivity (Wildman–Crippen MR) is 101 cm³/mol. The zero-order valence-electron chi connectivity index (χ0n) is 14.9. The number of amides is 1. The Balaban J connectivity index is 2.19. The fourth-order valence-corrected chi connectivity index (χ4v) is 3.15. The Morgan fingerprint density at radius 3 is 2.36 bits per heavy atom. The first-order chi connectivity index (χ1) is 12.0. The second-order valence-corrected chi connectivity index (χ2v) is 6.36. The molecule has 1 amide bonds. The number of likely N-dealkylation sites (N-methyl/N-ethyl adjacent to an activating group) is 1. The minimum atomic E-state index is -0.611. The zero-order valence-corrected chi connectivity index (χ0v) is 15.6. The number of nitrogens with zero attached hydrogens (tertiary/aromatic N) is 1. The lowest BCUT2D eigenvalue weighted by Gasteiger charge is -2.30. The van der Waals surface area contributed by atoms with Crippen LogP contribution in [0.25, 0.3) is 0 Å². The van der Waals surface area contributed by atoms with E-state index >= 15 is 0 Å². The van der Waals surface area contributed by atoms with E-state index in [4.69, 9.17) is 11.6 Å². The van der Waals surface area contributed by atoms with E-state index in [2.05, 4.69) is 48.3 Å². The highest BCUT2D eigenvalue weighted by Crippen LogP contribution is 2.22. The molecule has 0 bridgehead atoms. The highest BCUT2D eigenvalue weighted by molar-refractivity contribution is 6.33. The monoisotopic (exact) mass is 362 g/mol. The van der Waals surface area contributed by atoms with Gasteiger partial charge in [0.2, 0.25) is 0 Å². The normalized spacial score (nSPS) is 12.2. The lowest BCUT2D eigenvalue weighted by atomic mass is 10.0. The molecule has 2 aromatic rings. The predicted octanol–water partition coefficient (Wildman–Crippen LogP) is 4.60. The average molecular weight is 363 g/mol. The number of hydrogen-bond acceptors (Lipinski definition) is 2. The molecule has 2 aromatic carbocycles. The van der Waals surface area contributed by atoms with Gasteiger partial charge in [-0.3, -0.25) is 9.69 Å². The topological polar surface area (TPSA) is 32.3 Å². The van der Waals surface area contributed by atoms with Gasteiger partial charge >= 0.3 is 0 Å². The van der Waals surface area contributed by atoms with Crippen LogP contribution < -0.4 is 5.32 Å². The van der Waals surface area contributed by atoms with E-state index in [1.54, 1.807) is 0 Å². The maximum Gasteiger partial charge on any atom is 0.255 e. The van der Waals surface area contributed by atoms with Gasteiger partial charge in [0.05, 0.1) is 16.6 Å². The third kappa shape index (κ3) is 4.80. The molecule has 1 N–H and O–H groups in total. The molecule has 1 atom stereocenters. The number of carbonyl (C=O) groups excluding carboxylic acids is 1. The van der Waals surface area contributed by atoms with Crippen LogP contribution in [-0.4, -0.2) is 30.4 Å². The van der Waals surface area contributed by atoms with Crippen molar-refractivity contribution in [3.63, 3.8) is 0 Å². The van der Waals surface area contributed by atoms with Gasteiger partial charge in [-0.25, -0.2) is 4.39 Å². The number of halogens is 2. The van der Waals surface area contributed by atoms with E-state index < -0.39 is 11.7 Å². The molecule has 3 nitrogen and oxygen atoms in total. The highest BCUT2D eigenvalue weighted by atomic mass is 35.5. The van der Waals surface area contributed by atoms with Crippen LogP contribution in [0.5, 0.6) is 0 Å². The maximum atomic E-state index is 13.9. The molecule has 0 fully saturated rings. The van der Waals surface area contributed by atoms with E-state index in [1.807, 2.05) is 6.92 Å². The first-order valence-corrected chi connectivity index (χ1v) is 8.88. The van der Waals surface area contributed by atoms with E-state index in [9.17, 15) is 9.18 Å². The summed E-state index contributed by atoms with van der Waals surface area (Å²) in [7, 11) is 0. The van der Waals surface area contributed by atoms with Gasteiger partial charge in [-0.15, -0.1) is 0 Å². The van der Waals surface area contributed by atoms with Gasteiger partial charge < -0.3 is 5.32 Å². The summed E-state index contributed by atoms with van der Waals surface area (Å²) in [5.41, 5.74) is 2.20. The highest BCUT2D eigenvalue weighted by Gasteiger charge is 2.21. The summed E-state index contributed by atoms with van der Waals surface area (Å²) in [6, 6.07) is 12.5. The molecule has 0 heterocycles. The largest absolute Gasteiger partial charge is 0.350 e. The second kappa shape index (κ2) is 8.97. The summed E-state index contributed by atoms with van der Waals surface area (Å²) in [5.74, 6) is -1.10. The molecule has 0 aromatic heterocycles. The van der Waals surface area contributed by atoms with Gasteiger partial charge in [0.1, 0.15) is 5.82 Å². The van der Waals surface area contributed by atoms with Crippen molar-refractivity contribution in [3.05, 3.63) is 70.0 Å². The van der Waals surface area contributed by atoms with Crippen molar-refractivity contribution >= 4 is 17.5 Å². The Bertz CT molecular complexity index is 694. The molecule has 0 saturated heterocycles. The smallest absolute Gasteiger partial charge is 0.255 e. The van der Waals surface area contributed by atoms with E-state index in [0.29, 0.717) is 6.54 Å². The molecule has 2 rings (SSSR count). The van der Waals surface area contributed by atoms with Crippen molar-refractivity contribution in [1.82, 2.24) is 10.2 Å². The van der Waals surface area contributed by atoms with Crippen molar-refractivity contribution in [2.24, 2.45) is 0 Å². The number of carbonyl (C=O) groups is 1. The summed E-state index contributed by atoms with van der Waals surface area (Å²) in [5, 5.41) is 2.96. The molecular formula is C20H24ClFN2O. The Morgan fingerprint density at radius 1 is 1.16 bits per heavy atom. The lowest BCUT2D eigenvalue weighted by molar-refractivity contribution is 0.0931. The molecule has 0 aliphatic heterocycles. The molecule has 134 valence electrons. The Morgan fingerprint density at radius 2 is 1.80 bits per heavy atom. The third-order valence-corrected chi connectivity index (χ3v) is 4.68. The van der Waals surface area contributed by atoms with Crippen LogP contribution in [0.3, 0.4) is 0 Å². The SMILES string of the molecule is CCN(CC)C(CNC(=O)c1c(F)cccc1Cl)c1ccc(C)cc1. The molecule has 0 aliphatic carbocycles. The number of hydrogen-bond donors (Lipinski definition) is 1. The molecule has 0 spiro atoms. The molecule has 1 unspecified atom stereocenters. The van der Waals surface area contributed by atoms with Crippen LogP contribution >= 0.6 is 11.6 Å². The Hall–Kier alpha value is -1.91. The lowest BCUT2D eigenvalue weighted by Crippen LogP contribution is -2.38. The van der Waals surface area contributed by atoms with Gasteiger partial charge in [0.15, 0.2) is 0 Å². The van der Waals surface area contributed by atoms with Crippen LogP contribution in [0.4, 0.5) is 4.39 Å². The van der Waals surface area contributed by atoms with Gasteiger partial charge in [-0.1, -0.05) is 61.3 Å².